The van der Waals surface area contributed by atoms with E-state index in [1.54, 1.807) is 19.2 Å². The Kier molecular flexibility index (Phi) is 5.52. The normalized spacial score (nSPS) is 10.5. The molecule has 0 heterocycles. The van der Waals surface area contributed by atoms with Crippen molar-refractivity contribution in [2.75, 3.05) is 12.4 Å². The van der Waals surface area contributed by atoms with Crippen molar-refractivity contribution in [3.05, 3.63) is 59.7 Å². The van der Waals surface area contributed by atoms with E-state index in [1.165, 1.54) is 0 Å². The average molecular weight is 311 g/mol. The Hall–Kier alpha value is -3.08. The second kappa shape index (κ2) is 7.79. The van der Waals surface area contributed by atoms with Gasteiger partial charge in [0.25, 0.3) is 0 Å². The lowest BCUT2D eigenvalue weighted by molar-refractivity contribution is -0.139. The predicted molar refractivity (Wildman–Crippen MR) is 89.2 cm³/mol. The van der Waals surface area contributed by atoms with Gasteiger partial charge in [0.1, 0.15) is 12.2 Å². The highest BCUT2D eigenvalue weighted by Gasteiger charge is 2.07. The third kappa shape index (κ3) is 5.32. The van der Waals surface area contributed by atoms with Gasteiger partial charge in [0.05, 0.1) is 7.11 Å². The predicted octanol–water partition coefficient (Wildman–Crippen LogP) is 3.28. The molecule has 1 amide bonds. The molecule has 0 aromatic heterocycles. The number of rotatable bonds is 6. The molecule has 2 aromatic rings. The molecule has 0 aliphatic carbocycles. The number of carbonyl (C=O) groups is 2. The minimum Gasteiger partial charge on any atom is -0.497 e. The fourth-order valence-electron chi connectivity index (χ4n) is 1.93. The number of nitrogens with one attached hydrogen (secondary N) is 1. The van der Waals surface area contributed by atoms with Crippen LogP contribution in [0.3, 0.4) is 0 Å². The van der Waals surface area contributed by atoms with E-state index < -0.39 is 18.3 Å². The number of aliphatic carboxylic acids is 1. The van der Waals surface area contributed by atoms with Crippen molar-refractivity contribution < 1.29 is 19.4 Å². The van der Waals surface area contributed by atoms with Gasteiger partial charge in [0, 0.05) is 5.69 Å². The van der Waals surface area contributed by atoms with Crippen LogP contribution in [-0.4, -0.2) is 24.1 Å². The van der Waals surface area contributed by atoms with Crippen molar-refractivity contribution in [2.45, 2.75) is 6.42 Å². The first-order valence-electron chi connectivity index (χ1n) is 7.00. The number of anilines is 1. The van der Waals surface area contributed by atoms with E-state index in [4.69, 9.17) is 9.84 Å². The summed E-state index contributed by atoms with van der Waals surface area (Å²) in [4.78, 5) is 21.8. The molecule has 2 rings (SSSR count). The van der Waals surface area contributed by atoms with E-state index in [9.17, 15) is 9.59 Å². The monoisotopic (exact) mass is 311 g/mol. The lowest BCUT2D eigenvalue weighted by atomic mass is 10.1. The summed E-state index contributed by atoms with van der Waals surface area (Å²) >= 11 is 0. The van der Waals surface area contributed by atoms with Gasteiger partial charge in [-0.15, -0.1) is 0 Å². The lowest BCUT2D eigenvalue weighted by Gasteiger charge is -2.03. The topological polar surface area (TPSA) is 75.6 Å². The molecule has 0 aliphatic heterocycles. The number of carboxylic acid groups (broad SMARTS) is 1. The summed E-state index contributed by atoms with van der Waals surface area (Å²) in [5, 5.41) is 11.1. The van der Waals surface area contributed by atoms with Gasteiger partial charge >= 0.3 is 5.97 Å². The standard InChI is InChI=1S/C18H17NO4/c1-23-16-10-6-14(7-11-16)3-2-13-4-8-15(9-5-13)19-17(20)12-18(21)22/h2-11H,12H2,1H3,(H,19,20)(H,21,22)/b3-2+. The average Bonchev–Trinajstić information content (AvgIpc) is 2.54. The van der Waals surface area contributed by atoms with E-state index in [0.717, 1.165) is 16.9 Å². The molecule has 5 heteroatoms. The zero-order chi connectivity index (χ0) is 16.7. The minimum atomic E-state index is -1.15. The van der Waals surface area contributed by atoms with Gasteiger partial charge in [-0.3, -0.25) is 9.59 Å². The number of methoxy groups -OCH3 is 1. The van der Waals surface area contributed by atoms with E-state index in [-0.39, 0.29) is 0 Å². The quantitative estimate of drug-likeness (QED) is 0.634. The van der Waals surface area contributed by atoms with Crippen LogP contribution in [0.5, 0.6) is 5.75 Å². The SMILES string of the molecule is COc1ccc(/C=C/c2ccc(NC(=O)CC(=O)O)cc2)cc1. The molecular weight excluding hydrogens is 294 g/mol. The maximum Gasteiger partial charge on any atom is 0.312 e. The van der Waals surface area contributed by atoms with Crippen LogP contribution in [0.2, 0.25) is 0 Å². The second-order valence-corrected chi connectivity index (χ2v) is 4.85. The Bertz CT molecular complexity index is 703. The smallest absolute Gasteiger partial charge is 0.312 e. The van der Waals surface area contributed by atoms with E-state index in [2.05, 4.69) is 5.32 Å². The molecule has 0 saturated heterocycles. The van der Waals surface area contributed by atoms with Gasteiger partial charge < -0.3 is 15.2 Å². The fourth-order valence-corrected chi connectivity index (χ4v) is 1.93. The van der Waals surface area contributed by atoms with Crippen LogP contribution in [0.1, 0.15) is 17.5 Å². The Morgan fingerprint density at radius 1 is 1.00 bits per heavy atom. The molecule has 0 radical (unpaired) electrons. The molecule has 5 nitrogen and oxygen atoms in total. The van der Waals surface area contributed by atoms with Crippen molar-refractivity contribution in [3.8, 4) is 5.75 Å². The summed E-state index contributed by atoms with van der Waals surface area (Å²) in [6, 6.07) is 14.8. The number of carboxylic acids is 1. The van der Waals surface area contributed by atoms with Gasteiger partial charge in [-0.1, -0.05) is 36.4 Å². The molecule has 0 saturated carbocycles. The molecule has 0 fully saturated rings. The van der Waals surface area contributed by atoms with Gasteiger partial charge in [-0.2, -0.15) is 0 Å². The van der Waals surface area contributed by atoms with Crippen molar-refractivity contribution in [3.63, 3.8) is 0 Å². The van der Waals surface area contributed by atoms with Crippen LogP contribution in [0.15, 0.2) is 48.5 Å². The third-order valence-corrected chi connectivity index (χ3v) is 3.09. The summed E-state index contributed by atoms with van der Waals surface area (Å²) in [5.41, 5.74) is 2.58. The number of ether oxygens (including phenoxy) is 1. The number of amides is 1. The summed E-state index contributed by atoms with van der Waals surface area (Å²) in [6.07, 6.45) is 3.38. The summed E-state index contributed by atoms with van der Waals surface area (Å²) in [7, 11) is 1.63. The first-order valence-corrected chi connectivity index (χ1v) is 7.00. The molecule has 0 unspecified atom stereocenters. The molecule has 0 atom stereocenters. The Labute approximate surface area is 134 Å². The third-order valence-electron chi connectivity index (χ3n) is 3.09. The second-order valence-electron chi connectivity index (χ2n) is 4.85. The van der Waals surface area contributed by atoms with Crippen molar-refractivity contribution >= 4 is 29.7 Å². The van der Waals surface area contributed by atoms with Crippen molar-refractivity contribution in [1.29, 1.82) is 0 Å². The number of hydrogen-bond acceptors (Lipinski definition) is 3. The summed E-state index contributed by atoms with van der Waals surface area (Å²) < 4.78 is 5.11. The molecule has 0 spiro atoms. The Balaban J connectivity index is 1.97. The van der Waals surface area contributed by atoms with Crippen molar-refractivity contribution in [1.82, 2.24) is 0 Å². The maximum atomic E-state index is 11.4. The molecular formula is C18H17NO4. The van der Waals surface area contributed by atoms with E-state index >= 15 is 0 Å². The van der Waals surface area contributed by atoms with Crippen LogP contribution in [0.4, 0.5) is 5.69 Å². The Morgan fingerprint density at radius 3 is 2.00 bits per heavy atom. The van der Waals surface area contributed by atoms with Gasteiger partial charge in [0.2, 0.25) is 5.91 Å². The van der Waals surface area contributed by atoms with Crippen LogP contribution < -0.4 is 10.1 Å². The minimum absolute atomic E-state index is 0.543. The summed E-state index contributed by atoms with van der Waals surface area (Å²) in [5.74, 6) is -0.885. The fraction of sp³-hybridized carbons (Fsp3) is 0.111. The lowest BCUT2D eigenvalue weighted by Crippen LogP contribution is -2.15. The van der Waals surface area contributed by atoms with Crippen LogP contribution in [0, 0.1) is 0 Å². The molecule has 118 valence electrons. The highest BCUT2D eigenvalue weighted by atomic mass is 16.5. The Morgan fingerprint density at radius 2 is 1.52 bits per heavy atom. The zero-order valence-corrected chi connectivity index (χ0v) is 12.7. The molecule has 0 aliphatic rings. The van der Waals surface area contributed by atoms with Crippen LogP contribution in [-0.2, 0) is 9.59 Å². The molecule has 0 bridgehead atoms. The van der Waals surface area contributed by atoms with Gasteiger partial charge in [0.15, 0.2) is 0 Å². The first-order chi connectivity index (χ1) is 11.1. The number of carbonyl (C=O) groups excluding carboxylic acids is 1. The molecule has 23 heavy (non-hydrogen) atoms. The summed E-state index contributed by atoms with van der Waals surface area (Å²) in [6.45, 7) is 0. The maximum absolute atomic E-state index is 11.4. The number of benzene rings is 2. The molecule has 2 aromatic carbocycles. The largest absolute Gasteiger partial charge is 0.497 e. The first kappa shape index (κ1) is 16.3. The van der Waals surface area contributed by atoms with E-state index in [1.807, 2.05) is 48.6 Å². The highest BCUT2D eigenvalue weighted by Crippen LogP contribution is 2.15. The van der Waals surface area contributed by atoms with Crippen molar-refractivity contribution in [2.24, 2.45) is 0 Å². The molecule has 2 N–H and O–H groups in total. The highest BCUT2D eigenvalue weighted by molar-refractivity contribution is 6.01. The number of hydrogen-bond donors (Lipinski definition) is 2. The van der Waals surface area contributed by atoms with E-state index in [0.29, 0.717) is 5.69 Å². The van der Waals surface area contributed by atoms with Crippen LogP contribution >= 0.6 is 0 Å². The van der Waals surface area contributed by atoms with Gasteiger partial charge in [-0.25, -0.2) is 0 Å². The van der Waals surface area contributed by atoms with Crippen LogP contribution in [0.25, 0.3) is 12.2 Å². The zero-order valence-electron chi connectivity index (χ0n) is 12.7. The van der Waals surface area contributed by atoms with Gasteiger partial charge in [-0.05, 0) is 35.4 Å².